The molecule has 3 aliphatic rings. The van der Waals surface area contributed by atoms with Crippen molar-refractivity contribution in [2.24, 2.45) is 0 Å². The van der Waals surface area contributed by atoms with E-state index in [1.807, 2.05) is 6.07 Å². The highest BCUT2D eigenvalue weighted by atomic mass is 32.2. The number of amides is 3. The standard InChI is InChI=1S/C19H24N4O5S/c1-29(27,28)16-9-20-8-14(16)21-7-11-3-2-4-12-13(11)10-23(19(12)26)15-5-6-17(24)22-18(15)25/h2-4,14-16,20-21H,5-10H2,1H3,(H,22,24,25)/t14-,15?,16-/m1/s1. The second kappa shape index (κ2) is 7.51. The van der Waals surface area contributed by atoms with E-state index >= 15 is 0 Å². The van der Waals surface area contributed by atoms with Gasteiger partial charge in [-0.25, -0.2) is 8.42 Å². The van der Waals surface area contributed by atoms with Crippen molar-refractivity contribution in [2.75, 3.05) is 19.3 Å². The molecule has 10 heteroatoms. The van der Waals surface area contributed by atoms with E-state index in [2.05, 4.69) is 16.0 Å². The molecule has 0 saturated carbocycles. The molecule has 3 heterocycles. The van der Waals surface area contributed by atoms with Crippen LogP contribution in [0.4, 0.5) is 0 Å². The van der Waals surface area contributed by atoms with E-state index in [1.54, 1.807) is 12.1 Å². The number of rotatable bonds is 5. The van der Waals surface area contributed by atoms with Gasteiger partial charge in [0.2, 0.25) is 11.8 Å². The van der Waals surface area contributed by atoms with Gasteiger partial charge in [0, 0.05) is 50.5 Å². The van der Waals surface area contributed by atoms with Gasteiger partial charge in [0.25, 0.3) is 5.91 Å². The number of imide groups is 1. The minimum Gasteiger partial charge on any atom is -0.322 e. The number of piperidine rings is 1. The molecule has 3 amide bonds. The number of nitrogens with one attached hydrogen (secondary N) is 3. The molecule has 0 aromatic heterocycles. The highest BCUT2D eigenvalue weighted by molar-refractivity contribution is 7.91. The van der Waals surface area contributed by atoms with Gasteiger partial charge in [-0.1, -0.05) is 12.1 Å². The van der Waals surface area contributed by atoms with Crippen molar-refractivity contribution in [2.45, 2.75) is 43.3 Å². The number of fused-ring (bicyclic) bond motifs is 1. The highest BCUT2D eigenvalue weighted by Crippen LogP contribution is 2.30. The summed E-state index contributed by atoms with van der Waals surface area (Å²) >= 11 is 0. The van der Waals surface area contributed by atoms with Gasteiger partial charge in [0.1, 0.15) is 6.04 Å². The third-order valence-electron chi connectivity index (χ3n) is 5.94. The van der Waals surface area contributed by atoms with Crippen LogP contribution in [-0.4, -0.2) is 67.7 Å². The Morgan fingerprint density at radius 1 is 1.21 bits per heavy atom. The van der Waals surface area contributed by atoms with Crippen LogP contribution in [0.1, 0.15) is 34.3 Å². The van der Waals surface area contributed by atoms with Gasteiger partial charge in [0.05, 0.1) is 5.25 Å². The van der Waals surface area contributed by atoms with Gasteiger partial charge in [0.15, 0.2) is 9.84 Å². The van der Waals surface area contributed by atoms with Crippen LogP contribution in [0.3, 0.4) is 0 Å². The molecule has 1 aromatic rings. The van der Waals surface area contributed by atoms with Crippen molar-refractivity contribution in [3.8, 4) is 0 Å². The second-order valence-electron chi connectivity index (χ2n) is 7.86. The van der Waals surface area contributed by atoms with Crippen LogP contribution in [0.2, 0.25) is 0 Å². The van der Waals surface area contributed by atoms with Gasteiger partial charge < -0.3 is 15.5 Å². The summed E-state index contributed by atoms with van der Waals surface area (Å²) < 4.78 is 23.9. The molecular weight excluding hydrogens is 396 g/mol. The lowest BCUT2D eigenvalue weighted by Crippen LogP contribution is -2.52. The van der Waals surface area contributed by atoms with Crippen LogP contribution in [0.15, 0.2) is 18.2 Å². The first-order valence-electron chi connectivity index (χ1n) is 9.64. The van der Waals surface area contributed by atoms with Crippen LogP contribution in [0.5, 0.6) is 0 Å². The summed E-state index contributed by atoms with van der Waals surface area (Å²) in [5.74, 6) is -0.964. The van der Waals surface area contributed by atoms with Crippen LogP contribution in [0.25, 0.3) is 0 Å². The molecule has 9 nitrogen and oxygen atoms in total. The number of benzene rings is 1. The van der Waals surface area contributed by atoms with Crippen LogP contribution >= 0.6 is 0 Å². The third-order valence-corrected chi connectivity index (χ3v) is 7.54. The molecule has 0 bridgehead atoms. The Morgan fingerprint density at radius 2 is 2.00 bits per heavy atom. The van der Waals surface area contributed by atoms with Crippen molar-refractivity contribution in [1.82, 2.24) is 20.9 Å². The van der Waals surface area contributed by atoms with E-state index in [1.165, 1.54) is 11.2 Å². The number of hydrogen-bond acceptors (Lipinski definition) is 7. The highest BCUT2D eigenvalue weighted by Gasteiger charge is 2.40. The minimum absolute atomic E-state index is 0.204. The zero-order chi connectivity index (χ0) is 20.8. The van der Waals surface area contributed by atoms with Gasteiger partial charge in [-0.15, -0.1) is 0 Å². The lowest BCUT2D eigenvalue weighted by atomic mass is 10.0. The predicted octanol–water partition coefficient (Wildman–Crippen LogP) is -1.08. The quantitative estimate of drug-likeness (QED) is 0.518. The maximum atomic E-state index is 12.9. The molecule has 3 N–H and O–H groups in total. The Labute approximate surface area is 169 Å². The smallest absolute Gasteiger partial charge is 0.255 e. The van der Waals surface area contributed by atoms with Gasteiger partial charge >= 0.3 is 0 Å². The molecule has 0 radical (unpaired) electrons. The first-order valence-corrected chi connectivity index (χ1v) is 11.6. The Kier molecular flexibility index (Phi) is 5.18. The first-order chi connectivity index (χ1) is 13.8. The molecule has 2 saturated heterocycles. The Morgan fingerprint density at radius 3 is 2.72 bits per heavy atom. The molecule has 2 fully saturated rings. The van der Waals surface area contributed by atoms with Crippen molar-refractivity contribution in [3.63, 3.8) is 0 Å². The predicted molar refractivity (Wildman–Crippen MR) is 105 cm³/mol. The van der Waals surface area contributed by atoms with Crippen LogP contribution in [0, 0.1) is 0 Å². The average molecular weight is 420 g/mol. The van der Waals surface area contributed by atoms with E-state index in [9.17, 15) is 22.8 Å². The first kappa shape index (κ1) is 20.0. The van der Waals surface area contributed by atoms with E-state index in [4.69, 9.17) is 0 Å². The fourth-order valence-corrected chi connectivity index (χ4v) is 5.57. The van der Waals surface area contributed by atoms with E-state index < -0.39 is 27.0 Å². The maximum absolute atomic E-state index is 12.9. The van der Waals surface area contributed by atoms with E-state index in [0.717, 1.165) is 11.1 Å². The monoisotopic (exact) mass is 420 g/mol. The average Bonchev–Trinajstić information content (AvgIpc) is 3.25. The summed E-state index contributed by atoms with van der Waals surface area (Å²) in [5, 5.41) is 8.24. The molecule has 156 valence electrons. The SMILES string of the molecule is CS(=O)(=O)[C@@H]1CNC[C@H]1NCc1cccc2c1CN(C1CCC(=O)NC1=O)C2=O. The van der Waals surface area contributed by atoms with Gasteiger partial charge in [-0.3, -0.25) is 19.7 Å². The molecule has 4 rings (SSSR count). The lowest BCUT2D eigenvalue weighted by molar-refractivity contribution is -0.136. The zero-order valence-electron chi connectivity index (χ0n) is 16.1. The largest absolute Gasteiger partial charge is 0.322 e. The number of hydrogen-bond donors (Lipinski definition) is 3. The van der Waals surface area contributed by atoms with Crippen molar-refractivity contribution < 1.29 is 22.8 Å². The summed E-state index contributed by atoms with van der Waals surface area (Å²) in [6, 6.07) is 4.59. The number of nitrogens with zero attached hydrogens (tertiary/aromatic N) is 1. The molecule has 3 aliphatic heterocycles. The Balaban J connectivity index is 1.50. The molecular formula is C19H24N4O5S. The number of sulfone groups is 1. The van der Waals surface area contributed by atoms with E-state index in [-0.39, 0.29) is 24.3 Å². The topological polar surface area (TPSA) is 125 Å². The van der Waals surface area contributed by atoms with Crippen molar-refractivity contribution in [3.05, 3.63) is 34.9 Å². The molecule has 0 aliphatic carbocycles. The minimum atomic E-state index is -3.17. The summed E-state index contributed by atoms with van der Waals surface area (Å²) in [6.07, 6.45) is 1.78. The van der Waals surface area contributed by atoms with Crippen molar-refractivity contribution in [1.29, 1.82) is 0 Å². The van der Waals surface area contributed by atoms with Crippen LogP contribution < -0.4 is 16.0 Å². The van der Waals surface area contributed by atoms with Crippen molar-refractivity contribution >= 4 is 27.6 Å². The molecule has 29 heavy (non-hydrogen) atoms. The zero-order valence-corrected chi connectivity index (χ0v) is 16.9. The fraction of sp³-hybridized carbons (Fsp3) is 0.526. The summed E-state index contributed by atoms with van der Waals surface area (Å²) in [7, 11) is -3.17. The summed E-state index contributed by atoms with van der Waals surface area (Å²) in [5.41, 5.74) is 2.31. The Bertz CT molecular complexity index is 977. The van der Waals surface area contributed by atoms with Crippen LogP contribution in [-0.2, 0) is 32.5 Å². The fourth-order valence-electron chi connectivity index (χ4n) is 4.36. The second-order valence-corrected chi connectivity index (χ2v) is 10.1. The lowest BCUT2D eigenvalue weighted by Gasteiger charge is -2.29. The van der Waals surface area contributed by atoms with Gasteiger partial charge in [-0.2, -0.15) is 0 Å². The molecule has 1 unspecified atom stereocenters. The summed E-state index contributed by atoms with van der Waals surface area (Å²) in [6.45, 7) is 1.72. The number of carbonyl (C=O) groups is 3. The normalized spacial score (nSPS) is 27.3. The molecule has 0 spiro atoms. The van der Waals surface area contributed by atoms with E-state index in [0.29, 0.717) is 38.2 Å². The third kappa shape index (κ3) is 3.79. The molecule has 1 aromatic carbocycles. The maximum Gasteiger partial charge on any atom is 0.255 e. The number of carbonyl (C=O) groups excluding carboxylic acids is 3. The Hall–Kier alpha value is -2.30. The van der Waals surface area contributed by atoms with Gasteiger partial charge in [-0.05, 0) is 23.6 Å². The summed E-state index contributed by atoms with van der Waals surface area (Å²) in [4.78, 5) is 38.0. The molecule has 3 atom stereocenters.